The summed E-state index contributed by atoms with van der Waals surface area (Å²) >= 11 is 5.73. The predicted octanol–water partition coefficient (Wildman–Crippen LogP) is 4.90. The number of nitrogens with one attached hydrogen (secondary N) is 1. The molecule has 34 heavy (non-hydrogen) atoms. The number of thiazole rings is 1. The third kappa shape index (κ3) is 5.66. The van der Waals surface area contributed by atoms with Crippen molar-refractivity contribution in [2.45, 2.75) is 17.0 Å². The van der Waals surface area contributed by atoms with Crippen LogP contribution in [0.2, 0.25) is 0 Å². The molecule has 0 saturated heterocycles. The Morgan fingerprint density at radius 1 is 1.15 bits per heavy atom. The Morgan fingerprint density at radius 2 is 1.88 bits per heavy atom. The topological polar surface area (TPSA) is 118 Å². The number of carbonyl (C=O) groups excluding carboxylic acids is 1. The number of halogens is 1. The molecular weight excluding hydrogens is 562 g/mol. The number of benzene rings is 2. The van der Waals surface area contributed by atoms with Gasteiger partial charge in [-0.1, -0.05) is 27.7 Å². The Kier molecular flexibility index (Phi) is 7.66. The van der Waals surface area contributed by atoms with Crippen LogP contribution >= 0.6 is 39.0 Å². The van der Waals surface area contributed by atoms with Crippen LogP contribution in [0.15, 0.2) is 79.1 Å². The molecule has 0 spiro atoms. The van der Waals surface area contributed by atoms with Crippen LogP contribution in [-0.4, -0.2) is 41.8 Å². The summed E-state index contributed by atoms with van der Waals surface area (Å²) in [6, 6.07) is 13.4. The van der Waals surface area contributed by atoms with Crippen molar-refractivity contribution in [2.75, 3.05) is 21.9 Å². The smallest absolute Gasteiger partial charge is 0.277 e. The highest BCUT2D eigenvalue weighted by Gasteiger charge is 2.25. The zero-order valence-electron chi connectivity index (χ0n) is 17.7. The summed E-state index contributed by atoms with van der Waals surface area (Å²) in [4.78, 5) is 16.5. The molecule has 0 bridgehead atoms. The van der Waals surface area contributed by atoms with Crippen molar-refractivity contribution < 1.29 is 17.6 Å². The first-order chi connectivity index (χ1) is 16.4. The number of rotatable bonds is 9. The van der Waals surface area contributed by atoms with Gasteiger partial charge in [0, 0.05) is 33.8 Å². The second-order valence-electron chi connectivity index (χ2n) is 6.73. The molecule has 1 amide bonds. The van der Waals surface area contributed by atoms with Crippen molar-refractivity contribution in [3.05, 3.63) is 64.6 Å². The molecule has 13 heteroatoms. The summed E-state index contributed by atoms with van der Waals surface area (Å²) in [5.74, 6) is 0.128. The number of hydrogen-bond acceptors (Lipinski definition) is 9. The van der Waals surface area contributed by atoms with E-state index in [0.29, 0.717) is 16.7 Å². The van der Waals surface area contributed by atoms with Crippen LogP contribution in [0, 0.1) is 0 Å². The van der Waals surface area contributed by atoms with Gasteiger partial charge in [-0.3, -0.25) is 4.79 Å². The van der Waals surface area contributed by atoms with Gasteiger partial charge in [0.15, 0.2) is 5.13 Å². The fourth-order valence-corrected chi connectivity index (χ4v) is 6.08. The van der Waals surface area contributed by atoms with Crippen LogP contribution in [0.5, 0.6) is 0 Å². The van der Waals surface area contributed by atoms with Crippen molar-refractivity contribution >= 4 is 65.8 Å². The number of thioether (sulfide) groups is 1. The summed E-state index contributed by atoms with van der Waals surface area (Å²) in [7, 11) is -3.75. The standard InChI is InChI=1S/C21H18BrN5O4S3/c1-2-27(20-23-11-12-32-20)34(29,30)17-9-7-16(8-10-17)24-18(28)13-33-21-26-25-19(31-21)14-3-5-15(22)6-4-14/h3-12H,2,13H2,1H3,(H,24,28). The fourth-order valence-electron chi connectivity index (χ4n) is 2.89. The Hall–Kier alpha value is -2.74. The van der Waals surface area contributed by atoms with E-state index in [4.69, 9.17) is 4.42 Å². The van der Waals surface area contributed by atoms with E-state index in [2.05, 4.69) is 36.4 Å². The minimum atomic E-state index is -3.75. The molecule has 2 aromatic carbocycles. The first-order valence-electron chi connectivity index (χ1n) is 9.91. The molecule has 0 saturated carbocycles. The van der Waals surface area contributed by atoms with Crippen molar-refractivity contribution in [2.24, 2.45) is 0 Å². The van der Waals surface area contributed by atoms with Gasteiger partial charge in [-0.05, 0) is 55.5 Å². The highest BCUT2D eigenvalue weighted by molar-refractivity contribution is 9.10. The van der Waals surface area contributed by atoms with Gasteiger partial charge in [0.1, 0.15) is 0 Å². The second-order valence-corrected chi connectivity index (χ2v) is 11.3. The van der Waals surface area contributed by atoms with Gasteiger partial charge in [0.05, 0.1) is 10.6 Å². The number of hydrogen-bond donors (Lipinski definition) is 1. The van der Waals surface area contributed by atoms with Crippen LogP contribution in [0.25, 0.3) is 11.5 Å². The molecule has 4 aromatic rings. The molecular formula is C21H18BrN5O4S3. The molecule has 0 unspecified atom stereocenters. The zero-order chi connectivity index (χ0) is 24.1. The zero-order valence-corrected chi connectivity index (χ0v) is 21.7. The van der Waals surface area contributed by atoms with E-state index in [9.17, 15) is 13.2 Å². The molecule has 2 heterocycles. The number of nitrogens with zero attached hydrogens (tertiary/aromatic N) is 4. The largest absolute Gasteiger partial charge is 0.411 e. The molecule has 0 fully saturated rings. The van der Waals surface area contributed by atoms with Crippen molar-refractivity contribution in [3.63, 3.8) is 0 Å². The number of aromatic nitrogens is 3. The summed E-state index contributed by atoms with van der Waals surface area (Å²) < 4.78 is 33.7. The molecule has 0 aliphatic carbocycles. The molecule has 0 aliphatic rings. The van der Waals surface area contributed by atoms with Gasteiger partial charge in [0.2, 0.25) is 11.8 Å². The Bertz CT molecular complexity index is 1360. The quantitative estimate of drug-likeness (QED) is 0.278. The monoisotopic (exact) mass is 579 g/mol. The summed E-state index contributed by atoms with van der Waals surface area (Å²) in [5, 5.41) is 13.1. The molecule has 2 aromatic heterocycles. The highest BCUT2D eigenvalue weighted by atomic mass is 79.9. The highest BCUT2D eigenvalue weighted by Crippen LogP contribution is 2.27. The van der Waals surface area contributed by atoms with Crippen molar-refractivity contribution in [3.8, 4) is 11.5 Å². The number of anilines is 2. The van der Waals surface area contributed by atoms with Gasteiger partial charge in [0.25, 0.3) is 15.2 Å². The first-order valence-corrected chi connectivity index (χ1v) is 14.0. The van der Waals surface area contributed by atoms with Crippen LogP contribution in [0.4, 0.5) is 10.8 Å². The van der Waals surface area contributed by atoms with E-state index in [1.165, 1.54) is 27.8 Å². The lowest BCUT2D eigenvalue weighted by atomic mass is 10.2. The van der Waals surface area contributed by atoms with Crippen LogP contribution in [0.1, 0.15) is 6.92 Å². The molecule has 1 N–H and O–H groups in total. The van der Waals surface area contributed by atoms with Crippen LogP contribution in [0.3, 0.4) is 0 Å². The maximum atomic E-state index is 13.0. The first kappa shape index (κ1) is 24.4. The Labute approximate surface area is 212 Å². The lowest BCUT2D eigenvalue weighted by Crippen LogP contribution is -2.30. The molecule has 9 nitrogen and oxygen atoms in total. The van der Waals surface area contributed by atoms with E-state index in [-0.39, 0.29) is 28.3 Å². The molecule has 0 aliphatic heterocycles. The number of carbonyl (C=O) groups is 1. The van der Waals surface area contributed by atoms with Crippen LogP contribution in [-0.2, 0) is 14.8 Å². The van der Waals surface area contributed by atoms with E-state index in [1.54, 1.807) is 30.6 Å². The summed E-state index contributed by atoms with van der Waals surface area (Å²) in [5.41, 5.74) is 1.25. The van der Waals surface area contributed by atoms with E-state index >= 15 is 0 Å². The average molecular weight is 581 g/mol. The van der Waals surface area contributed by atoms with Crippen molar-refractivity contribution in [1.29, 1.82) is 0 Å². The van der Waals surface area contributed by atoms with E-state index in [0.717, 1.165) is 21.8 Å². The van der Waals surface area contributed by atoms with Gasteiger partial charge in [-0.15, -0.1) is 21.5 Å². The van der Waals surface area contributed by atoms with E-state index < -0.39 is 10.0 Å². The van der Waals surface area contributed by atoms with Crippen molar-refractivity contribution in [1.82, 2.24) is 15.2 Å². The Balaban J connectivity index is 1.35. The minimum absolute atomic E-state index is 0.0513. The Morgan fingerprint density at radius 3 is 2.53 bits per heavy atom. The molecule has 176 valence electrons. The van der Waals surface area contributed by atoms with Gasteiger partial charge >= 0.3 is 0 Å². The maximum absolute atomic E-state index is 13.0. The SMILES string of the molecule is CCN(c1nccs1)S(=O)(=O)c1ccc(NC(=O)CSc2nnc(-c3ccc(Br)cc3)o2)cc1. The molecule has 4 rings (SSSR count). The third-order valence-electron chi connectivity index (χ3n) is 4.47. The van der Waals surface area contributed by atoms with Gasteiger partial charge < -0.3 is 9.73 Å². The normalized spacial score (nSPS) is 11.4. The predicted molar refractivity (Wildman–Crippen MR) is 136 cm³/mol. The number of sulfonamides is 1. The average Bonchev–Trinajstić information content (AvgIpc) is 3.52. The fraction of sp³-hybridized carbons (Fsp3) is 0.143. The summed E-state index contributed by atoms with van der Waals surface area (Å²) in [6.45, 7) is 2.00. The second kappa shape index (κ2) is 10.7. The lowest BCUT2D eigenvalue weighted by molar-refractivity contribution is -0.113. The molecule has 0 atom stereocenters. The third-order valence-corrected chi connectivity index (χ3v) is 8.61. The van der Waals surface area contributed by atoms with Gasteiger partial charge in [-0.25, -0.2) is 17.7 Å². The maximum Gasteiger partial charge on any atom is 0.277 e. The number of amides is 1. The summed E-state index contributed by atoms with van der Waals surface area (Å²) in [6.07, 6.45) is 1.56. The minimum Gasteiger partial charge on any atom is -0.411 e. The molecule has 0 radical (unpaired) electrons. The van der Waals surface area contributed by atoms with E-state index in [1.807, 2.05) is 24.3 Å². The lowest BCUT2D eigenvalue weighted by Gasteiger charge is -2.19. The van der Waals surface area contributed by atoms with Gasteiger partial charge in [-0.2, -0.15) is 0 Å². The van der Waals surface area contributed by atoms with Crippen LogP contribution < -0.4 is 9.62 Å².